The number of carbonyl (C=O) groups excluding carboxylic acids is 2. The minimum Gasteiger partial charge on any atom is -0.362 e. The summed E-state index contributed by atoms with van der Waals surface area (Å²) in [7, 11) is 0. The number of carbonyl (C=O) groups is 2. The summed E-state index contributed by atoms with van der Waals surface area (Å²) in [6.45, 7) is 3.95. The highest BCUT2D eigenvalue weighted by Crippen LogP contribution is 2.32. The second kappa shape index (κ2) is 9.41. The van der Waals surface area contributed by atoms with Gasteiger partial charge in [0.15, 0.2) is 0 Å². The summed E-state index contributed by atoms with van der Waals surface area (Å²) < 4.78 is 0. The highest BCUT2D eigenvalue weighted by molar-refractivity contribution is 5.96. The SMILES string of the molecule is CC(=O)N1CCN(c2ccc(C(=O)NC3(CN)CCCC3)cc2[N+](=O)[O-])CC1.Cl. The van der Waals surface area contributed by atoms with Crippen molar-refractivity contribution in [3.63, 3.8) is 0 Å². The van der Waals surface area contributed by atoms with E-state index in [1.54, 1.807) is 17.0 Å². The van der Waals surface area contributed by atoms with Gasteiger partial charge < -0.3 is 20.9 Å². The molecule has 1 saturated carbocycles. The lowest BCUT2D eigenvalue weighted by Crippen LogP contribution is -2.51. The summed E-state index contributed by atoms with van der Waals surface area (Å²) in [6.07, 6.45) is 3.69. The first-order valence-electron chi connectivity index (χ1n) is 9.67. The predicted molar refractivity (Wildman–Crippen MR) is 113 cm³/mol. The van der Waals surface area contributed by atoms with Crippen LogP contribution in [0.1, 0.15) is 43.0 Å². The van der Waals surface area contributed by atoms with E-state index < -0.39 is 10.5 Å². The van der Waals surface area contributed by atoms with Crippen LogP contribution in [0.25, 0.3) is 0 Å². The molecule has 0 aromatic heterocycles. The van der Waals surface area contributed by atoms with Crippen molar-refractivity contribution in [3.8, 4) is 0 Å². The number of hydrogen-bond donors (Lipinski definition) is 2. The van der Waals surface area contributed by atoms with Crippen molar-refractivity contribution >= 4 is 35.6 Å². The Morgan fingerprint density at radius 1 is 1.21 bits per heavy atom. The van der Waals surface area contributed by atoms with Gasteiger partial charge in [-0.25, -0.2) is 0 Å². The third-order valence-corrected chi connectivity index (χ3v) is 5.83. The molecule has 0 spiro atoms. The van der Waals surface area contributed by atoms with E-state index in [2.05, 4.69) is 5.32 Å². The van der Waals surface area contributed by atoms with Gasteiger partial charge in [-0.05, 0) is 25.0 Å². The lowest BCUT2D eigenvalue weighted by Gasteiger charge is -2.35. The van der Waals surface area contributed by atoms with Gasteiger partial charge in [0.1, 0.15) is 5.69 Å². The molecule has 0 bridgehead atoms. The molecule has 160 valence electrons. The Morgan fingerprint density at radius 3 is 2.34 bits per heavy atom. The Labute approximate surface area is 176 Å². The van der Waals surface area contributed by atoms with Crippen LogP contribution >= 0.6 is 12.4 Å². The first-order valence-corrected chi connectivity index (χ1v) is 9.67. The molecule has 0 atom stereocenters. The number of nitrogens with one attached hydrogen (secondary N) is 1. The molecule has 10 heteroatoms. The highest BCUT2D eigenvalue weighted by atomic mass is 35.5. The Hall–Kier alpha value is -2.39. The summed E-state index contributed by atoms with van der Waals surface area (Å²) >= 11 is 0. The van der Waals surface area contributed by atoms with Gasteiger partial charge in [-0.3, -0.25) is 19.7 Å². The van der Waals surface area contributed by atoms with E-state index in [4.69, 9.17) is 5.73 Å². The van der Waals surface area contributed by atoms with E-state index in [1.165, 1.54) is 13.0 Å². The minimum absolute atomic E-state index is 0. The third kappa shape index (κ3) is 4.97. The molecule has 2 fully saturated rings. The molecule has 1 aliphatic carbocycles. The zero-order chi connectivity index (χ0) is 20.3. The smallest absolute Gasteiger partial charge is 0.293 e. The van der Waals surface area contributed by atoms with Crippen LogP contribution in [0, 0.1) is 10.1 Å². The molecule has 3 rings (SSSR count). The van der Waals surface area contributed by atoms with E-state index in [1.807, 2.05) is 4.90 Å². The quantitative estimate of drug-likeness (QED) is 0.546. The van der Waals surface area contributed by atoms with Crippen LogP contribution in [0.5, 0.6) is 0 Å². The van der Waals surface area contributed by atoms with Gasteiger partial charge in [0.25, 0.3) is 11.6 Å². The molecular formula is C19H28ClN5O4. The number of halogens is 1. The monoisotopic (exact) mass is 425 g/mol. The number of rotatable bonds is 5. The molecule has 3 N–H and O–H groups in total. The molecule has 9 nitrogen and oxygen atoms in total. The Balaban J connectivity index is 0.00000300. The second-order valence-electron chi connectivity index (χ2n) is 7.60. The van der Waals surface area contributed by atoms with Crippen LogP contribution in [0.2, 0.25) is 0 Å². The second-order valence-corrected chi connectivity index (χ2v) is 7.60. The average Bonchev–Trinajstić information content (AvgIpc) is 3.16. The zero-order valence-corrected chi connectivity index (χ0v) is 17.4. The summed E-state index contributed by atoms with van der Waals surface area (Å²) in [5, 5.41) is 14.6. The summed E-state index contributed by atoms with van der Waals surface area (Å²) in [4.78, 5) is 39.0. The van der Waals surface area contributed by atoms with Gasteiger partial charge in [0.05, 0.1) is 10.5 Å². The van der Waals surface area contributed by atoms with Crippen molar-refractivity contribution < 1.29 is 14.5 Å². The van der Waals surface area contributed by atoms with Crippen molar-refractivity contribution in [2.45, 2.75) is 38.1 Å². The number of hydrogen-bond acceptors (Lipinski definition) is 6. The fourth-order valence-corrected chi connectivity index (χ4v) is 4.09. The lowest BCUT2D eigenvalue weighted by molar-refractivity contribution is -0.384. The highest BCUT2D eigenvalue weighted by Gasteiger charge is 2.34. The molecule has 0 radical (unpaired) electrons. The van der Waals surface area contributed by atoms with Gasteiger partial charge in [-0.1, -0.05) is 12.8 Å². The first kappa shape index (κ1) is 22.9. The van der Waals surface area contributed by atoms with Crippen molar-refractivity contribution in [1.29, 1.82) is 0 Å². The fourth-order valence-electron chi connectivity index (χ4n) is 4.09. The Bertz CT molecular complexity index is 774. The van der Waals surface area contributed by atoms with E-state index >= 15 is 0 Å². The van der Waals surface area contributed by atoms with Crippen LogP contribution in [0.15, 0.2) is 18.2 Å². The molecule has 1 saturated heterocycles. The minimum atomic E-state index is -0.461. The predicted octanol–water partition coefficient (Wildman–Crippen LogP) is 1.69. The fraction of sp³-hybridized carbons (Fsp3) is 0.579. The molecule has 1 heterocycles. The normalized spacial score (nSPS) is 18.1. The van der Waals surface area contributed by atoms with Crippen molar-refractivity contribution in [2.24, 2.45) is 5.73 Å². The van der Waals surface area contributed by atoms with Gasteiger partial charge in [-0.2, -0.15) is 0 Å². The zero-order valence-electron chi connectivity index (χ0n) is 16.6. The van der Waals surface area contributed by atoms with Gasteiger partial charge in [-0.15, -0.1) is 12.4 Å². The van der Waals surface area contributed by atoms with Crippen molar-refractivity contribution in [3.05, 3.63) is 33.9 Å². The molecule has 0 unspecified atom stereocenters. The number of nitro groups is 1. The molecule has 2 amide bonds. The molecule has 2 aliphatic rings. The number of benzene rings is 1. The Morgan fingerprint density at radius 2 is 1.83 bits per heavy atom. The van der Waals surface area contributed by atoms with Crippen molar-refractivity contribution in [1.82, 2.24) is 10.2 Å². The van der Waals surface area contributed by atoms with Crippen LogP contribution in [0.4, 0.5) is 11.4 Å². The third-order valence-electron chi connectivity index (χ3n) is 5.83. The number of nitrogens with two attached hydrogens (primary N) is 1. The Kier molecular flexibility index (Phi) is 7.43. The topological polar surface area (TPSA) is 122 Å². The number of nitro benzene ring substituents is 1. The summed E-state index contributed by atoms with van der Waals surface area (Å²) in [5.74, 6) is -0.328. The van der Waals surface area contributed by atoms with E-state index in [0.717, 1.165) is 25.7 Å². The van der Waals surface area contributed by atoms with Gasteiger partial charge in [0.2, 0.25) is 5.91 Å². The van der Waals surface area contributed by atoms with E-state index in [9.17, 15) is 19.7 Å². The van der Waals surface area contributed by atoms with Gasteiger partial charge in [0, 0.05) is 51.3 Å². The average molecular weight is 426 g/mol. The van der Waals surface area contributed by atoms with Crippen LogP contribution < -0.4 is 16.0 Å². The summed E-state index contributed by atoms with van der Waals surface area (Å²) in [6, 6.07) is 4.58. The molecule has 1 aliphatic heterocycles. The first-order chi connectivity index (χ1) is 13.3. The maximum atomic E-state index is 12.7. The number of anilines is 1. The maximum Gasteiger partial charge on any atom is 0.293 e. The molecule has 1 aromatic carbocycles. The van der Waals surface area contributed by atoms with E-state index in [-0.39, 0.29) is 35.5 Å². The maximum absolute atomic E-state index is 12.7. The van der Waals surface area contributed by atoms with Gasteiger partial charge >= 0.3 is 0 Å². The summed E-state index contributed by atoms with van der Waals surface area (Å²) in [5.41, 5.74) is 6.09. The lowest BCUT2D eigenvalue weighted by atomic mass is 9.97. The molecule has 29 heavy (non-hydrogen) atoms. The number of piperazine rings is 1. The van der Waals surface area contributed by atoms with Crippen LogP contribution in [0.3, 0.4) is 0 Å². The standard InChI is InChI=1S/C19H27N5O4.ClH/c1-14(25)22-8-10-23(11-9-22)16-5-4-15(12-17(16)24(27)28)18(26)21-19(13-20)6-2-3-7-19;/h4-5,12H,2-3,6-11,13,20H2,1H3,(H,21,26);1H. The van der Waals surface area contributed by atoms with E-state index in [0.29, 0.717) is 38.4 Å². The molecule has 1 aromatic rings. The number of nitrogens with zero attached hydrogens (tertiary/aromatic N) is 3. The van der Waals surface area contributed by atoms with Crippen LogP contribution in [-0.2, 0) is 4.79 Å². The largest absolute Gasteiger partial charge is 0.362 e. The van der Waals surface area contributed by atoms with Crippen molar-refractivity contribution in [2.75, 3.05) is 37.6 Å². The van der Waals surface area contributed by atoms with Crippen LogP contribution in [-0.4, -0.2) is 59.9 Å². The molecular weight excluding hydrogens is 398 g/mol. The number of amides is 2.